The predicted octanol–water partition coefficient (Wildman–Crippen LogP) is 2.21. The maximum Gasteiger partial charge on any atom is 0.193 e. The first-order valence-corrected chi connectivity index (χ1v) is 8.17. The molecule has 0 amide bonds. The lowest BCUT2D eigenvalue weighted by Crippen LogP contribution is -2.41. The van der Waals surface area contributed by atoms with Gasteiger partial charge in [0.05, 0.1) is 6.61 Å². The van der Waals surface area contributed by atoms with Gasteiger partial charge < -0.3 is 15.0 Å². The highest BCUT2D eigenvalue weighted by atomic mass is 35.5. The molecule has 0 aromatic carbocycles. The van der Waals surface area contributed by atoms with Crippen molar-refractivity contribution in [2.24, 2.45) is 10.9 Å². The molecule has 1 N–H and O–H groups in total. The van der Waals surface area contributed by atoms with Gasteiger partial charge in [-0.15, -0.1) is 0 Å². The van der Waals surface area contributed by atoms with Crippen molar-refractivity contribution in [2.45, 2.75) is 19.3 Å². The Bertz CT molecular complexity index is 474. The van der Waals surface area contributed by atoms with Gasteiger partial charge in [-0.2, -0.15) is 0 Å². The highest BCUT2D eigenvalue weighted by Gasteiger charge is 2.21. The molecule has 0 radical (unpaired) electrons. The molecule has 1 fully saturated rings. The fourth-order valence-corrected chi connectivity index (χ4v) is 2.21. The molecule has 1 aliphatic rings. The fourth-order valence-electron chi connectivity index (χ4n) is 2.10. The molecule has 122 valence electrons. The van der Waals surface area contributed by atoms with E-state index in [0.29, 0.717) is 5.15 Å². The monoisotopic (exact) mass is 324 g/mol. The molecular formula is C16H25ClN4O. The second-order valence-electron chi connectivity index (χ2n) is 5.65. The van der Waals surface area contributed by atoms with Crippen molar-refractivity contribution >= 4 is 17.6 Å². The van der Waals surface area contributed by atoms with E-state index in [4.69, 9.17) is 16.3 Å². The quantitative estimate of drug-likeness (QED) is 0.345. The number of hydrogen-bond donors (Lipinski definition) is 1. The Labute approximate surface area is 137 Å². The number of hydrogen-bond acceptors (Lipinski definition) is 3. The van der Waals surface area contributed by atoms with Gasteiger partial charge in [-0.05, 0) is 36.8 Å². The number of aliphatic imine (C=N–C) groups is 1. The molecule has 1 saturated carbocycles. The van der Waals surface area contributed by atoms with Gasteiger partial charge in [0.1, 0.15) is 5.15 Å². The van der Waals surface area contributed by atoms with Gasteiger partial charge in [-0.1, -0.05) is 17.7 Å². The Morgan fingerprint density at radius 2 is 2.32 bits per heavy atom. The van der Waals surface area contributed by atoms with Gasteiger partial charge in [-0.3, -0.25) is 4.99 Å². The topological polar surface area (TPSA) is 49.8 Å². The average molecular weight is 325 g/mol. The van der Waals surface area contributed by atoms with Crippen molar-refractivity contribution in [3.05, 3.63) is 29.0 Å². The Morgan fingerprint density at radius 3 is 2.95 bits per heavy atom. The van der Waals surface area contributed by atoms with Crippen LogP contribution in [0.4, 0.5) is 0 Å². The van der Waals surface area contributed by atoms with Gasteiger partial charge in [0.2, 0.25) is 0 Å². The zero-order chi connectivity index (χ0) is 15.8. The predicted molar refractivity (Wildman–Crippen MR) is 90.5 cm³/mol. The summed E-state index contributed by atoms with van der Waals surface area (Å²) in [6.45, 7) is 3.30. The second-order valence-corrected chi connectivity index (χ2v) is 6.04. The number of guanidine groups is 1. The molecule has 0 aliphatic heterocycles. The zero-order valence-corrected chi connectivity index (χ0v) is 14.1. The largest absolute Gasteiger partial charge is 0.379 e. The third-order valence-corrected chi connectivity index (χ3v) is 3.90. The summed E-state index contributed by atoms with van der Waals surface area (Å²) in [6.07, 6.45) is 5.36. The molecule has 0 atom stereocenters. The number of aromatic nitrogens is 1. The van der Waals surface area contributed by atoms with E-state index in [2.05, 4.69) is 20.2 Å². The van der Waals surface area contributed by atoms with Crippen molar-refractivity contribution in [1.29, 1.82) is 0 Å². The normalized spacial score (nSPS) is 15.0. The summed E-state index contributed by atoms with van der Waals surface area (Å²) < 4.78 is 5.66. The minimum absolute atomic E-state index is 0.526. The lowest BCUT2D eigenvalue weighted by molar-refractivity contribution is 0.115. The smallest absolute Gasteiger partial charge is 0.193 e. The summed E-state index contributed by atoms with van der Waals surface area (Å²) in [7, 11) is 3.83. The standard InChI is InChI=1S/C16H25ClN4O/c1-18-16(21(2)9-10-22-12-14-3-4-14)19-8-7-13-5-6-15(17)20-11-13/h5-6,11,14H,3-4,7-10,12H2,1-2H3,(H,18,19). The van der Waals surface area contributed by atoms with Crippen molar-refractivity contribution < 1.29 is 4.74 Å². The number of nitrogens with zero attached hydrogens (tertiary/aromatic N) is 3. The molecule has 0 bridgehead atoms. The van der Waals surface area contributed by atoms with E-state index >= 15 is 0 Å². The van der Waals surface area contributed by atoms with Crippen molar-refractivity contribution in [1.82, 2.24) is 15.2 Å². The van der Waals surface area contributed by atoms with Gasteiger partial charge in [0.15, 0.2) is 5.96 Å². The molecule has 22 heavy (non-hydrogen) atoms. The SMILES string of the molecule is CN=C(NCCc1ccc(Cl)nc1)N(C)CCOCC1CC1. The second kappa shape index (κ2) is 8.96. The molecule has 6 heteroatoms. The number of rotatable bonds is 8. The molecule has 1 aromatic heterocycles. The van der Waals surface area contributed by atoms with Crippen LogP contribution in [-0.2, 0) is 11.2 Å². The molecule has 0 spiro atoms. The van der Waals surface area contributed by atoms with Crippen LogP contribution in [0.3, 0.4) is 0 Å². The van der Waals surface area contributed by atoms with Crippen molar-refractivity contribution in [3.8, 4) is 0 Å². The zero-order valence-electron chi connectivity index (χ0n) is 13.4. The summed E-state index contributed by atoms with van der Waals surface area (Å²) in [5, 5.41) is 3.88. The lowest BCUT2D eigenvalue weighted by atomic mass is 10.2. The van der Waals surface area contributed by atoms with E-state index in [9.17, 15) is 0 Å². The number of halogens is 1. The summed E-state index contributed by atoms with van der Waals surface area (Å²) in [5.41, 5.74) is 1.16. The first kappa shape index (κ1) is 17.0. The molecule has 5 nitrogen and oxygen atoms in total. The van der Waals surface area contributed by atoms with Crippen LogP contribution < -0.4 is 5.32 Å². The maximum absolute atomic E-state index is 5.78. The number of ether oxygens (including phenoxy) is 1. The molecule has 1 aliphatic carbocycles. The summed E-state index contributed by atoms with van der Waals surface area (Å²) in [4.78, 5) is 10.5. The van der Waals surface area contributed by atoms with Crippen LogP contribution in [0.1, 0.15) is 18.4 Å². The number of likely N-dealkylation sites (N-methyl/N-ethyl adjacent to an activating group) is 1. The minimum Gasteiger partial charge on any atom is -0.379 e. The van der Waals surface area contributed by atoms with E-state index in [1.165, 1.54) is 12.8 Å². The Hall–Kier alpha value is -1.33. The fraction of sp³-hybridized carbons (Fsp3) is 0.625. The van der Waals surface area contributed by atoms with Gasteiger partial charge >= 0.3 is 0 Å². The molecule has 1 aromatic rings. The molecular weight excluding hydrogens is 300 g/mol. The van der Waals surface area contributed by atoms with E-state index in [-0.39, 0.29) is 0 Å². The Kier molecular flexibility index (Phi) is 6.93. The van der Waals surface area contributed by atoms with Crippen LogP contribution in [0.15, 0.2) is 23.3 Å². The number of pyridine rings is 1. The van der Waals surface area contributed by atoms with Gasteiger partial charge in [-0.25, -0.2) is 4.98 Å². The highest BCUT2D eigenvalue weighted by molar-refractivity contribution is 6.29. The molecule has 0 saturated heterocycles. The first-order valence-electron chi connectivity index (χ1n) is 7.79. The average Bonchev–Trinajstić information content (AvgIpc) is 3.34. The third-order valence-electron chi connectivity index (χ3n) is 3.68. The van der Waals surface area contributed by atoms with E-state index in [1.807, 2.05) is 25.4 Å². The minimum atomic E-state index is 0.526. The Morgan fingerprint density at radius 1 is 1.50 bits per heavy atom. The van der Waals surface area contributed by atoms with Crippen LogP contribution in [0, 0.1) is 5.92 Å². The number of nitrogens with one attached hydrogen (secondary N) is 1. The first-order chi connectivity index (χ1) is 10.7. The lowest BCUT2D eigenvalue weighted by Gasteiger charge is -2.22. The van der Waals surface area contributed by atoms with Crippen molar-refractivity contribution in [3.63, 3.8) is 0 Å². The van der Waals surface area contributed by atoms with Crippen LogP contribution in [0.2, 0.25) is 5.15 Å². The highest BCUT2D eigenvalue weighted by Crippen LogP contribution is 2.28. The Balaban J connectivity index is 1.63. The maximum atomic E-state index is 5.78. The molecule has 2 rings (SSSR count). The summed E-state index contributed by atoms with van der Waals surface area (Å²) in [5.74, 6) is 1.70. The van der Waals surface area contributed by atoms with Crippen molar-refractivity contribution in [2.75, 3.05) is 40.4 Å². The third kappa shape index (κ3) is 6.20. The summed E-state index contributed by atoms with van der Waals surface area (Å²) in [6, 6.07) is 3.81. The van der Waals surface area contributed by atoms with Gasteiger partial charge in [0.25, 0.3) is 0 Å². The van der Waals surface area contributed by atoms with Crippen LogP contribution in [-0.4, -0.2) is 56.2 Å². The van der Waals surface area contributed by atoms with E-state index in [1.54, 1.807) is 7.05 Å². The van der Waals surface area contributed by atoms with E-state index in [0.717, 1.165) is 50.2 Å². The molecule has 1 heterocycles. The van der Waals surface area contributed by atoms with Crippen LogP contribution in [0.5, 0.6) is 0 Å². The molecule has 0 unspecified atom stereocenters. The summed E-state index contributed by atoms with van der Waals surface area (Å²) >= 11 is 5.78. The van der Waals surface area contributed by atoms with Crippen LogP contribution in [0.25, 0.3) is 0 Å². The van der Waals surface area contributed by atoms with E-state index < -0.39 is 0 Å². The van der Waals surface area contributed by atoms with Crippen LogP contribution >= 0.6 is 11.6 Å². The van der Waals surface area contributed by atoms with Gasteiger partial charge in [0, 0.05) is 40.0 Å².